The fourth-order valence-electron chi connectivity index (χ4n) is 4.24. The zero-order chi connectivity index (χ0) is 31.8. The summed E-state index contributed by atoms with van der Waals surface area (Å²) in [5.74, 6) is -0.0487. The van der Waals surface area contributed by atoms with E-state index in [1.165, 1.54) is 42.1 Å². The van der Waals surface area contributed by atoms with E-state index in [0.717, 1.165) is 4.90 Å². The highest BCUT2D eigenvalue weighted by Crippen LogP contribution is 2.33. The molecule has 0 aromatic heterocycles. The third kappa shape index (κ3) is 8.27. The van der Waals surface area contributed by atoms with Gasteiger partial charge in [-0.1, -0.05) is 18.2 Å². The lowest BCUT2D eigenvalue weighted by Gasteiger charge is -2.19. The fourth-order valence-corrected chi connectivity index (χ4v) is 5.11. The number of hydrogen-bond acceptors (Lipinski definition) is 8. The maximum Gasteiger partial charge on any atom is 0.272 e. The highest BCUT2D eigenvalue weighted by Gasteiger charge is 2.19. The quantitative estimate of drug-likeness (QED) is 0.0856. The van der Waals surface area contributed by atoms with E-state index in [0.29, 0.717) is 47.2 Å². The first-order chi connectivity index (χ1) is 21.7. The molecule has 0 spiro atoms. The monoisotopic (exact) mass is 624 g/mol. The molecule has 1 aliphatic rings. The molecule has 1 heterocycles. The zero-order valence-electron chi connectivity index (χ0n) is 24.0. The molecule has 0 fully saturated rings. The van der Waals surface area contributed by atoms with Gasteiger partial charge in [0, 0.05) is 40.0 Å². The number of hydrogen-bond donors (Lipinski definition) is 3. The number of carbonyl (C=O) groups excluding carboxylic acids is 3. The Hall–Kier alpha value is -5.62. The normalized spacial score (nSPS) is 12.9. The van der Waals surface area contributed by atoms with Gasteiger partial charge in [0.2, 0.25) is 5.91 Å². The van der Waals surface area contributed by atoms with Crippen LogP contribution in [-0.2, 0) is 9.59 Å². The minimum absolute atomic E-state index is 0.0550. The maximum atomic E-state index is 13.3. The molecule has 3 N–H and O–H groups in total. The van der Waals surface area contributed by atoms with Crippen LogP contribution in [0.4, 0.5) is 17.1 Å². The van der Waals surface area contributed by atoms with Crippen molar-refractivity contribution in [2.45, 2.75) is 17.1 Å². The maximum absolute atomic E-state index is 13.3. The molecule has 1 unspecified atom stereocenters. The standard InChI is InChI=1S/C33H28N4O7S/c1-21(31(38)35-25-11-16-29-30(20-25)44-18-17-43-29)45-27-14-9-24(10-15-27)34-33(40)28(36-32(39)23-5-3-2-4-6-23)19-22-7-12-26(13-8-22)37(41)42/h2-16,19-21H,17-18H2,1H3,(H,34,40)(H,35,38)(H,36,39)/b28-19-. The number of thioether (sulfide) groups is 1. The minimum atomic E-state index is -0.592. The zero-order valence-corrected chi connectivity index (χ0v) is 24.8. The van der Waals surface area contributed by atoms with Crippen LogP contribution in [0.3, 0.4) is 0 Å². The average Bonchev–Trinajstić information content (AvgIpc) is 3.05. The Morgan fingerprint density at radius 3 is 2.20 bits per heavy atom. The van der Waals surface area contributed by atoms with Gasteiger partial charge in [0.1, 0.15) is 18.9 Å². The second-order valence-electron chi connectivity index (χ2n) is 9.81. The third-order valence-electron chi connectivity index (χ3n) is 6.55. The fraction of sp³-hybridized carbons (Fsp3) is 0.121. The van der Waals surface area contributed by atoms with Crippen molar-refractivity contribution < 1.29 is 28.8 Å². The van der Waals surface area contributed by atoms with Crippen molar-refractivity contribution in [3.63, 3.8) is 0 Å². The van der Waals surface area contributed by atoms with Crippen molar-refractivity contribution in [1.82, 2.24) is 5.32 Å². The Balaban J connectivity index is 1.23. The van der Waals surface area contributed by atoms with Crippen molar-refractivity contribution in [1.29, 1.82) is 0 Å². The number of nitrogens with zero attached hydrogens (tertiary/aromatic N) is 1. The van der Waals surface area contributed by atoms with E-state index in [4.69, 9.17) is 9.47 Å². The first kappa shape index (κ1) is 30.8. The van der Waals surface area contributed by atoms with Crippen LogP contribution < -0.4 is 25.4 Å². The van der Waals surface area contributed by atoms with Gasteiger partial charge < -0.3 is 25.4 Å². The molecule has 0 saturated heterocycles. The molecule has 228 valence electrons. The summed E-state index contributed by atoms with van der Waals surface area (Å²) < 4.78 is 11.1. The molecule has 1 aliphatic heterocycles. The summed E-state index contributed by atoms with van der Waals surface area (Å²) in [5, 5.41) is 18.9. The molecule has 0 saturated carbocycles. The molecule has 3 amide bonds. The first-order valence-corrected chi connectivity index (χ1v) is 14.7. The number of amides is 3. The molecule has 1 atom stereocenters. The summed E-state index contributed by atoms with van der Waals surface area (Å²) in [4.78, 5) is 50.3. The van der Waals surface area contributed by atoms with Crippen LogP contribution in [0.5, 0.6) is 11.5 Å². The molecule has 11 nitrogen and oxygen atoms in total. The predicted molar refractivity (Wildman–Crippen MR) is 171 cm³/mol. The van der Waals surface area contributed by atoms with E-state index in [1.807, 2.05) is 0 Å². The predicted octanol–water partition coefficient (Wildman–Crippen LogP) is 5.89. The Morgan fingerprint density at radius 2 is 1.51 bits per heavy atom. The van der Waals surface area contributed by atoms with Crippen molar-refractivity contribution >= 4 is 52.6 Å². The lowest BCUT2D eigenvalue weighted by molar-refractivity contribution is -0.384. The SMILES string of the molecule is CC(Sc1ccc(NC(=O)/C(=C/c2ccc([N+](=O)[O-])cc2)NC(=O)c2ccccc2)cc1)C(=O)Nc1ccc2c(c1)OCCO2. The van der Waals surface area contributed by atoms with Crippen molar-refractivity contribution in [2.75, 3.05) is 23.8 Å². The third-order valence-corrected chi connectivity index (χ3v) is 7.66. The second-order valence-corrected chi connectivity index (χ2v) is 11.2. The molecule has 0 bridgehead atoms. The van der Waals surface area contributed by atoms with E-state index in [2.05, 4.69) is 16.0 Å². The van der Waals surface area contributed by atoms with Gasteiger partial charge in [0.15, 0.2) is 11.5 Å². The number of ether oxygens (including phenoxy) is 2. The first-order valence-electron chi connectivity index (χ1n) is 13.9. The molecular weight excluding hydrogens is 596 g/mol. The van der Waals surface area contributed by atoms with Gasteiger partial charge in [-0.15, -0.1) is 11.8 Å². The van der Waals surface area contributed by atoms with Crippen LogP contribution in [-0.4, -0.2) is 41.1 Å². The van der Waals surface area contributed by atoms with Crippen LogP contribution in [0.2, 0.25) is 0 Å². The van der Waals surface area contributed by atoms with E-state index >= 15 is 0 Å². The van der Waals surface area contributed by atoms with Crippen molar-refractivity contribution in [3.05, 3.63) is 124 Å². The summed E-state index contributed by atoms with van der Waals surface area (Å²) in [6, 6.07) is 26.2. The number of carbonyl (C=O) groups is 3. The molecular formula is C33H28N4O7S. The summed E-state index contributed by atoms with van der Waals surface area (Å²) >= 11 is 1.35. The van der Waals surface area contributed by atoms with E-state index < -0.39 is 22.0 Å². The highest BCUT2D eigenvalue weighted by atomic mass is 32.2. The molecule has 45 heavy (non-hydrogen) atoms. The van der Waals surface area contributed by atoms with Gasteiger partial charge in [-0.05, 0) is 79.2 Å². The van der Waals surface area contributed by atoms with Crippen LogP contribution in [0.15, 0.2) is 108 Å². The smallest absolute Gasteiger partial charge is 0.272 e. The molecule has 12 heteroatoms. The summed E-state index contributed by atoms with van der Waals surface area (Å²) in [5.41, 5.74) is 1.75. The van der Waals surface area contributed by atoms with Gasteiger partial charge >= 0.3 is 0 Å². The number of nitro benzene ring substituents is 1. The van der Waals surface area contributed by atoms with Crippen LogP contribution in [0, 0.1) is 10.1 Å². The van der Waals surface area contributed by atoms with Gasteiger partial charge in [-0.25, -0.2) is 0 Å². The Kier molecular flexibility index (Phi) is 9.75. The van der Waals surface area contributed by atoms with Gasteiger partial charge in [0.05, 0.1) is 10.2 Å². The number of nitro groups is 1. The van der Waals surface area contributed by atoms with Gasteiger partial charge in [-0.2, -0.15) is 0 Å². The summed E-state index contributed by atoms with van der Waals surface area (Å²) in [6.45, 7) is 2.73. The highest BCUT2D eigenvalue weighted by molar-refractivity contribution is 8.00. The minimum Gasteiger partial charge on any atom is -0.486 e. The largest absolute Gasteiger partial charge is 0.486 e. The van der Waals surface area contributed by atoms with E-state index in [-0.39, 0.29) is 17.3 Å². The lowest BCUT2D eigenvalue weighted by atomic mass is 10.1. The van der Waals surface area contributed by atoms with Gasteiger partial charge in [-0.3, -0.25) is 24.5 Å². The summed E-state index contributed by atoms with van der Waals surface area (Å²) in [7, 11) is 0. The molecule has 0 radical (unpaired) electrons. The topological polar surface area (TPSA) is 149 Å². The second kappa shape index (κ2) is 14.2. The Bertz CT molecular complexity index is 1740. The average molecular weight is 625 g/mol. The molecule has 5 rings (SSSR count). The van der Waals surface area contributed by atoms with Crippen LogP contribution >= 0.6 is 11.8 Å². The van der Waals surface area contributed by atoms with Crippen LogP contribution in [0.25, 0.3) is 6.08 Å². The van der Waals surface area contributed by atoms with Gasteiger partial charge in [0.25, 0.3) is 17.5 Å². The van der Waals surface area contributed by atoms with Crippen molar-refractivity contribution in [2.24, 2.45) is 0 Å². The molecule has 4 aromatic carbocycles. The number of nitrogens with one attached hydrogen (secondary N) is 3. The van der Waals surface area contributed by atoms with Crippen molar-refractivity contribution in [3.8, 4) is 11.5 Å². The van der Waals surface area contributed by atoms with E-state index in [9.17, 15) is 24.5 Å². The number of fused-ring (bicyclic) bond motifs is 1. The number of rotatable bonds is 10. The molecule has 0 aliphatic carbocycles. The van der Waals surface area contributed by atoms with E-state index in [1.54, 1.807) is 79.7 Å². The Morgan fingerprint density at radius 1 is 0.844 bits per heavy atom. The molecule has 4 aromatic rings. The lowest BCUT2D eigenvalue weighted by Crippen LogP contribution is -2.30. The Labute approximate surface area is 262 Å². The number of anilines is 2. The summed E-state index contributed by atoms with van der Waals surface area (Å²) in [6.07, 6.45) is 1.44. The number of non-ortho nitro benzene ring substituents is 1. The number of benzene rings is 4. The van der Waals surface area contributed by atoms with Crippen LogP contribution in [0.1, 0.15) is 22.8 Å².